The van der Waals surface area contributed by atoms with E-state index < -0.39 is 6.09 Å². The monoisotopic (exact) mass is 271 g/mol. The molecule has 1 aromatic rings. The molecule has 2 rings (SSSR count). The Morgan fingerprint density at radius 2 is 2.39 bits per heavy atom. The van der Waals surface area contributed by atoms with E-state index in [0.717, 1.165) is 43.5 Å². The number of nitrogens with zero attached hydrogens (tertiary/aromatic N) is 2. The predicted octanol–water partition coefficient (Wildman–Crippen LogP) is 0.831. The molecule has 18 heavy (non-hydrogen) atoms. The summed E-state index contributed by atoms with van der Waals surface area (Å²) in [5.41, 5.74) is 1.04. The van der Waals surface area contributed by atoms with E-state index in [9.17, 15) is 4.79 Å². The highest BCUT2D eigenvalue weighted by atomic mass is 32.1. The van der Waals surface area contributed by atoms with Gasteiger partial charge in [-0.3, -0.25) is 4.90 Å². The van der Waals surface area contributed by atoms with Crippen LogP contribution in [0.4, 0.5) is 4.79 Å². The van der Waals surface area contributed by atoms with Crippen molar-refractivity contribution < 1.29 is 14.3 Å². The normalized spacial score (nSPS) is 16.5. The molecule has 1 aromatic heterocycles. The van der Waals surface area contributed by atoms with E-state index in [1.165, 1.54) is 7.11 Å². The van der Waals surface area contributed by atoms with Gasteiger partial charge in [0.1, 0.15) is 5.01 Å². The largest absolute Gasteiger partial charge is 0.453 e. The van der Waals surface area contributed by atoms with E-state index in [4.69, 9.17) is 4.74 Å². The molecular formula is C11H17N3O3S. The third-order valence-electron chi connectivity index (χ3n) is 2.66. The summed E-state index contributed by atoms with van der Waals surface area (Å²) in [5.74, 6) is 0. The maximum Gasteiger partial charge on any atom is 0.407 e. The lowest BCUT2D eigenvalue weighted by Crippen LogP contribution is -2.35. The van der Waals surface area contributed by atoms with Gasteiger partial charge in [-0.1, -0.05) is 0 Å². The molecule has 1 N–H and O–H groups in total. The van der Waals surface area contributed by atoms with E-state index in [1.54, 1.807) is 11.3 Å². The van der Waals surface area contributed by atoms with Gasteiger partial charge in [0.2, 0.25) is 0 Å². The SMILES string of the molecule is COC(=O)NCc1nc(CN2CCOCC2)cs1. The number of hydrogen-bond donors (Lipinski definition) is 1. The van der Waals surface area contributed by atoms with Gasteiger partial charge in [-0.15, -0.1) is 11.3 Å². The highest BCUT2D eigenvalue weighted by Crippen LogP contribution is 2.12. The number of morpholine rings is 1. The zero-order valence-corrected chi connectivity index (χ0v) is 11.2. The number of alkyl carbamates (subject to hydrolysis) is 1. The third-order valence-corrected chi connectivity index (χ3v) is 3.56. The Morgan fingerprint density at radius 3 is 3.11 bits per heavy atom. The lowest BCUT2D eigenvalue weighted by atomic mass is 10.3. The Kier molecular flexibility index (Phi) is 4.91. The van der Waals surface area contributed by atoms with Gasteiger partial charge in [-0.2, -0.15) is 0 Å². The maximum absolute atomic E-state index is 10.9. The molecule has 1 amide bonds. The number of thiazole rings is 1. The number of amides is 1. The molecule has 2 heterocycles. The fourth-order valence-electron chi connectivity index (χ4n) is 1.71. The number of methoxy groups -OCH3 is 1. The van der Waals surface area contributed by atoms with Gasteiger partial charge in [0.05, 0.1) is 32.6 Å². The molecule has 1 aliphatic heterocycles. The zero-order chi connectivity index (χ0) is 12.8. The van der Waals surface area contributed by atoms with Gasteiger partial charge in [-0.05, 0) is 0 Å². The van der Waals surface area contributed by atoms with Crippen molar-refractivity contribution in [3.63, 3.8) is 0 Å². The van der Waals surface area contributed by atoms with Crippen LogP contribution in [0.15, 0.2) is 5.38 Å². The Bertz CT molecular complexity index is 391. The summed E-state index contributed by atoms with van der Waals surface area (Å²) in [6, 6.07) is 0. The maximum atomic E-state index is 10.9. The molecule has 0 atom stereocenters. The Balaban J connectivity index is 1.80. The third kappa shape index (κ3) is 3.94. The average molecular weight is 271 g/mol. The van der Waals surface area contributed by atoms with Crippen LogP contribution in [-0.4, -0.2) is 49.4 Å². The summed E-state index contributed by atoms with van der Waals surface area (Å²) >= 11 is 1.55. The Hall–Kier alpha value is -1.18. The predicted molar refractivity (Wildman–Crippen MR) is 67.5 cm³/mol. The van der Waals surface area contributed by atoms with Crippen LogP contribution in [0.5, 0.6) is 0 Å². The second-order valence-corrected chi connectivity index (χ2v) is 4.91. The number of rotatable bonds is 4. The average Bonchev–Trinajstić information content (AvgIpc) is 2.85. The van der Waals surface area contributed by atoms with Crippen molar-refractivity contribution in [2.75, 3.05) is 33.4 Å². The second-order valence-electron chi connectivity index (χ2n) is 3.97. The second kappa shape index (κ2) is 6.67. The van der Waals surface area contributed by atoms with Gasteiger partial charge in [0, 0.05) is 25.0 Å². The summed E-state index contributed by atoms with van der Waals surface area (Å²) in [6.07, 6.45) is -0.431. The van der Waals surface area contributed by atoms with Gasteiger partial charge in [0.15, 0.2) is 0 Å². The number of aromatic nitrogens is 1. The molecule has 0 saturated carbocycles. The standard InChI is InChI=1S/C11H17N3O3S/c1-16-11(15)12-6-10-13-9(8-18-10)7-14-2-4-17-5-3-14/h8H,2-7H2,1H3,(H,12,15). The first-order valence-electron chi connectivity index (χ1n) is 5.83. The van der Waals surface area contributed by atoms with Crippen molar-refractivity contribution in [1.29, 1.82) is 0 Å². The number of nitrogens with one attached hydrogen (secondary N) is 1. The van der Waals surface area contributed by atoms with Gasteiger partial charge < -0.3 is 14.8 Å². The number of carbonyl (C=O) groups is 1. The van der Waals surface area contributed by atoms with E-state index in [-0.39, 0.29) is 0 Å². The molecule has 0 aliphatic carbocycles. The lowest BCUT2D eigenvalue weighted by molar-refractivity contribution is 0.0337. The molecule has 0 aromatic carbocycles. The molecule has 0 unspecified atom stereocenters. The minimum atomic E-state index is -0.431. The lowest BCUT2D eigenvalue weighted by Gasteiger charge is -2.25. The van der Waals surface area contributed by atoms with Crippen molar-refractivity contribution in [2.24, 2.45) is 0 Å². The van der Waals surface area contributed by atoms with Crippen LogP contribution < -0.4 is 5.32 Å². The molecule has 6 nitrogen and oxygen atoms in total. The van der Waals surface area contributed by atoms with Crippen molar-refractivity contribution in [2.45, 2.75) is 13.1 Å². The summed E-state index contributed by atoms with van der Waals surface area (Å²) in [6.45, 7) is 4.75. The van der Waals surface area contributed by atoms with E-state index in [0.29, 0.717) is 6.54 Å². The molecule has 100 valence electrons. The highest BCUT2D eigenvalue weighted by Gasteiger charge is 2.12. The Labute approximate surface area is 110 Å². The molecule has 7 heteroatoms. The van der Waals surface area contributed by atoms with Crippen LogP contribution in [0.3, 0.4) is 0 Å². The summed E-state index contributed by atoms with van der Waals surface area (Å²) in [7, 11) is 1.35. The van der Waals surface area contributed by atoms with Crippen LogP contribution in [-0.2, 0) is 22.6 Å². The van der Waals surface area contributed by atoms with Crippen LogP contribution in [0, 0.1) is 0 Å². The van der Waals surface area contributed by atoms with E-state index in [2.05, 4.69) is 19.9 Å². The molecule has 1 aliphatic rings. The zero-order valence-electron chi connectivity index (χ0n) is 10.3. The van der Waals surface area contributed by atoms with Crippen molar-refractivity contribution in [3.8, 4) is 0 Å². The first kappa shape index (κ1) is 13.3. The smallest absolute Gasteiger partial charge is 0.407 e. The molecule has 0 spiro atoms. The topological polar surface area (TPSA) is 63.7 Å². The van der Waals surface area contributed by atoms with E-state index in [1.807, 2.05) is 5.38 Å². The van der Waals surface area contributed by atoms with Gasteiger partial charge >= 0.3 is 6.09 Å². The molecular weight excluding hydrogens is 254 g/mol. The van der Waals surface area contributed by atoms with E-state index >= 15 is 0 Å². The molecule has 0 radical (unpaired) electrons. The highest BCUT2D eigenvalue weighted by molar-refractivity contribution is 7.09. The van der Waals surface area contributed by atoms with Crippen LogP contribution >= 0.6 is 11.3 Å². The fourth-order valence-corrected chi connectivity index (χ4v) is 2.44. The van der Waals surface area contributed by atoms with Crippen LogP contribution in [0.2, 0.25) is 0 Å². The number of ether oxygens (including phenoxy) is 2. The fraction of sp³-hybridized carbons (Fsp3) is 0.636. The minimum Gasteiger partial charge on any atom is -0.453 e. The molecule has 0 bridgehead atoms. The van der Waals surface area contributed by atoms with Crippen molar-refractivity contribution >= 4 is 17.4 Å². The first-order valence-corrected chi connectivity index (χ1v) is 6.71. The Morgan fingerprint density at radius 1 is 1.61 bits per heavy atom. The summed E-state index contributed by atoms with van der Waals surface area (Å²) < 4.78 is 9.80. The summed E-state index contributed by atoms with van der Waals surface area (Å²) in [5, 5.41) is 5.54. The number of hydrogen-bond acceptors (Lipinski definition) is 6. The van der Waals surface area contributed by atoms with Crippen molar-refractivity contribution in [3.05, 3.63) is 16.1 Å². The first-order chi connectivity index (χ1) is 8.78. The minimum absolute atomic E-state index is 0.417. The van der Waals surface area contributed by atoms with Crippen LogP contribution in [0.25, 0.3) is 0 Å². The molecule has 1 saturated heterocycles. The van der Waals surface area contributed by atoms with Gasteiger partial charge in [0.25, 0.3) is 0 Å². The van der Waals surface area contributed by atoms with Crippen LogP contribution in [0.1, 0.15) is 10.7 Å². The van der Waals surface area contributed by atoms with Crippen molar-refractivity contribution in [1.82, 2.24) is 15.2 Å². The molecule has 1 fully saturated rings. The van der Waals surface area contributed by atoms with Gasteiger partial charge in [-0.25, -0.2) is 9.78 Å². The number of carbonyl (C=O) groups excluding carboxylic acids is 1. The summed E-state index contributed by atoms with van der Waals surface area (Å²) in [4.78, 5) is 17.7. The quantitative estimate of drug-likeness (QED) is 0.879.